The van der Waals surface area contributed by atoms with Crippen LogP contribution in [0.4, 0.5) is 0 Å². The van der Waals surface area contributed by atoms with Crippen molar-refractivity contribution in [2.75, 3.05) is 6.54 Å². The van der Waals surface area contributed by atoms with Crippen LogP contribution in [0.5, 0.6) is 17.2 Å². The van der Waals surface area contributed by atoms with Crippen LogP contribution in [0.25, 0.3) is 0 Å². The largest absolute Gasteiger partial charge is 0.508 e. The monoisotopic (exact) mass is 679 g/mol. The summed E-state index contributed by atoms with van der Waals surface area (Å²) in [5.74, 6) is -3.22. The van der Waals surface area contributed by atoms with Gasteiger partial charge in [0.15, 0.2) is 11.6 Å². The van der Waals surface area contributed by atoms with Crippen molar-refractivity contribution in [3.05, 3.63) is 123 Å². The highest BCUT2D eigenvalue weighted by Gasteiger charge is 2.56. The number of imide groups is 1. The molecule has 0 aromatic heterocycles. The summed E-state index contributed by atoms with van der Waals surface area (Å²) in [4.78, 5) is 55.9. The van der Waals surface area contributed by atoms with Crippen LogP contribution in [0.15, 0.2) is 106 Å². The highest BCUT2D eigenvalue weighted by atomic mass is 79.9. The molecule has 4 aliphatic rings. The quantitative estimate of drug-likeness (QED) is 0.187. The summed E-state index contributed by atoms with van der Waals surface area (Å²) in [5.41, 5.74) is 3.65. The lowest BCUT2D eigenvalue weighted by Gasteiger charge is -2.42. The lowest BCUT2D eigenvalue weighted by Crippen LogP contribution is -2.39. The van der Waals surface area contributed by atoms with Crippen LogP contribution < -0.4 is 4.74 Å². The van der Waals surface area contributed by atoms with Gasteiger partial charge in [-0.3, -0.25) is 24.1 Å². The number of benzene rings is 3. The van der Waals surface area contributed by atoms with Gasteiger partial charge in [-0.05, 0) is 70.4 Å². The first-order valence-corrected chi connectivity index (χ1v) is 16.0. The normalized spacial score (nSPS) is 23.9. The Bertz CT molecular complexity index is 1870. The zero-order chi connectivity index (χ0) is 32.1. The van der Waals surface area contributed by atoms with E-state index in [0.717, 1.165) is 16.7 Å². The fourth-order valence-electron chi connectivity index (χ4n) is 7.35. The number of ether oxygens (including phenoxy) is 1. The lowest BCUT2D eigenvalue weighted by molar-refractivity contribution is -0.140. The van der Waals surface area contributed by atoms with Crippen molar-refractivity contribution in [2.24, 2.45) is 17.8 Å². The van der Waals surface area contributed by atoms with Crippen molar-refractivity contribution < 1.29 is 34.1 Å². The molecule has 7 rings (SSSR count). The molecule has 3 aliphatic carbocycles. The fourth-order valence-corrected chi connectivity index (χ4v) is 7.80. The Balaban J connectivity index is 1.22. The van der Waals surface area contributed by atoms with E-state index in [-0.39, 0.29) is 52.3 Å². The van der Waals surface area contributed by atoms with Gasteiger partial charge in [0.25, 0.3) is 0 Å². The summed E-state index contributed by atoms with van der Waals surface area (Å²) in [5, 5.41) is 21.0. The van der Waals surface area contributed by atoms with E-state index in [0.29, 0.717) is 41.9 Å². The second-order valence-electron chi connectivity index (χ2n) is 12.1. The number of nitrogens with zero attached hydrogens (tertiary/aromatic N) is 1. The highest BCUT2D eigenvalue weighted by molar-refractivity contribution is 9.12. The van der Waals surface area contributed by atoms with Gasteiger partial charge in [0.2, 0.25) is 11.8 Å². The number of phenolic OH excluding ortho intramolecular Hbond substituents is 2. The van der Waals surface area contributed by atoms with Gasteiger partial charge in [-0.15, -0.1) is 0 Å². The SMILES string of the molecule is O=C1C=C(Br)C(=O)C2=C1C(c1ccc(OCc3ccccc3)cc1O)C1=CCC3C(=O)N(CCc4ccc(O)cc4)C(=O)C3C1C2. The number of aromatic hydroxyl groups is 2. The third-order valence-corrected chi connectivity index (χ3v) is 10.1. The molecule has 232 valence electrons. The molecule has 46 heavy (non-hydrogen) atoms. The molecule has 0 spiro atoms. The summed E-state index contributed by atoms with van der Waals surface area (Å²) in [7, 11) is 0. The highest BCUT2D eigenvalue weighted by Crippen LogP contribution is 2.56. The van der Waals surface area contributed by atoms with Crippen LogP contribution in [-0.4, -0.2) is 45.0 Å². The molecule has 1 heterocycles. The number of carbonyl (C=O) groups excluding carboxylic acids is 4. The molecule has 3 aromatic carbocycles. The zero-order valence-corrected chi connectivity index (χ0v) is 26.3. The average molecular weight is 681 g/mol. The Morgan fingerprint density at radius 3 is 2.37 bits per heavy atom. The van der Waals surface area contributed by atoms with Crippen LogP contribution in [-0.2, 0) is 32.2 Å². The summed E-state index contributed by atoms with van der Waals surface area (Å²) < 4.78 is 6.06. The maximum atomic E-state index is 14.0. The minimum absolute atomic E-state index is 0.0932. The Kier molecular flexibility index (Phi) is 7.72. The van der Waals surface area contributed by atoms with Crippen molar-refractivity contribution in [1.82, 2.24) is 4.90 Å². The third-order valence-electron chi connectivity index (χ3n) is 9.54. The molecular formula is C37H30BrNO7. The molecule has 1 aliphatic heterocycles. The molecule has 2 amide bonds. The van der Waals surface area contributed by atoms with Gasteiger partial charge in [-0.2, -0.15) is 0 Å². The number of fused-ring (bicyclic) bond motifs is 3. The van der Waals surface area contributed by atoms with Crippen LogP contribution >= 0.6 is 15.9 Å². The first-order valence-electron chi connectivity index (χ1n) is 15.2. The van der Waals surface area contributed by atoms with E-state index in [2.05, 4.69) is 15.9 Å². The lowest BCUT2D eigenvalue weighted by atomic mass is 9.59. The number of hydrogen-bond acceptors (Lipinski definition) is 7. The molecule has 4 unspecified atom stereocenters. The molecule has 8 nitrogen and oxygen atoms in total. The molecular weight excluding hydrogens is 650 g/mol. The van der Waals surface area contributed by atoms with E-state index in [9.17, 15) is 29.4 Å². The third kappa shape index (κ3) is 5.18. The summed E-state index contributed by atoms with van der Waals surface area (Å²) >= 11 is 3.25. The number of carbonyl (C=O) groups is 4. The van der Waals surface area contributed by atoms with Crippen molar-refractivity contribution in [3.8, 4) is 17.2 Å². The van der Waals surface area contributed by atoms with Crippen molar-refractivity contribution in [1.29, 1.82) is 0 Å². The average Bonchev–Trinajstić information content (AvgIpc) is 3.30. The van der Waals surface area contributed by atoms with Gasteiger partial charge in [0.1, 0.15) is 23.9 Å². The molecule has 0 saturated carbocycles. The molecule has 1 saturated heterocycles. The molecule has 1 fully saturated rings. The number of allylic oxidation sites excluding steroid dienone is 6. The number of rotatable bonds is 7. The van der Waals surface area contributed by atoms with Gasteiger partial charge in [0, 0.05) is 41.3 Å². The van der Waals surface area contributed by atoms with E-state index in [1.807, 2.05) is 36.4 Å². The number of amides is 2. The number of halogens is 1. The smallest absolute Gasteiger partial charge is 0.233 e. The van der Waals surface area contributed by atoms with E-state index in [4.69, 9.17) is 4.74 Å². The first-order chi connectivity index (χ1) is 22.2. The van der Waals surface area contributed by atoms with Crippen LogP contribution in [0.3, 0.4) is 0 Å². The summed E-state index contributed by atoms with van der Waals surface area (Å²) in [6, 6.07) is 21.2. The Labute approximate surface area is 273 Å². The van der Waals surface area contributed by atoms with Crippen LogP contribution in [0.1, 0.15) is 35.4 Å². The first kappa shape index (κ1) is 29.9. The molecule has 4 atom stereocenters. The second kappa shape index (κ2) is 11.9. The molecule has 0 radical (unpaired) electrons. The van der Waals surface area contributed by atoms with Crippen LogP contribution in [0.2, 0.25) is 0 Å². The topological polar surface area (TPSA) is 121 Å². The van der Waals surface area contributed by atoms with Gasteiger partial charge in [-0.1, -0.05) is 60.2 Å². The zero-order valence-electron chi connectivity index (χ0n) is 24.7. The molecule has 2 N–H and O–H groups in total. The van der Waals surface area contributed by atoms with E-state index < -0.39 is 23.7 Å². The van der Waals surface area contributed by atoms with Crippen molar-refractivity contribution in [3.63, 3.8) is 0 Å². The maximum absolute atomic E-state index is 14.0. The van der Waals surface area contributed by atoms with Gasteiger partial charge in [0.05, 0.1) is 16.3 Å². The van der Waals surface area contributed by atoms with Crippen molar-refractivity contribution in [2.45, 2.75) is 31.8 Å². The van der Waals surface area contributed by atoms with Gasteiger partial charge < -0.3 is 14.9 Å². The molecule has 3 aromatic rings. The minimum atomic E-state index is -0.764. The molecule has 9 heteroatoms. The number of hydrogen-bond donors (Lipinski definition) is 2. The summed E-state index contributed by atoms with van der Waals surface area (Å²) in [6.07, 6.45) is 4.11. The molecule has 0 bridgehead atoms. The predicted molar refractivity (Wildman–Crippen MR) is 172 cm³/mol. The van der Waals surface area contributed by atoms with Gasteiger partial charge in [-0.25, -0.2) is 0 Å². The Morgan fingerprint density at radius 2 is 1.63 bits per heavy atom. The standard InChI is InChI=1S/C37H30BrNO7/c38-29-18-31(42)34-28(35(29)43)17-27-24(32(34)25-11-10-23(16-30(25)41)46-19-21-4-2-1-3-5-21)12-13-26-33(27)37(45)39(36(26)44)15-14-20-6-8-22(40)9-7-20/h1-12,16,18,26-27,32-33,40-41H,13-15,17,19H2. The van der Waals surface area contributed by atoms with E-state index >= 15 is 0 Å². The number of likely N-dealkylation sites (tertiary alicyclic amines) is 1. The van der Waals surface area contributed by atoms with E-state index in [1.165, 1.54) is 17.0 Å². The Morgan fingerprint density at radius 1 is 0.870 bits per heavy atom. The predicted octanol–water partition coefficient (Wildman–Crippen LogP) is 5.68. The second-order valence-corrected chi connectivity index (χ2v) is 13.0. The maximum Gasteiger partial charge on any atom is 0.233 e. The minimum Gasteiger partial charge on any atom is -0.508 e. The van der Waals surface area contributed by atoms with Crippen molar-refractivity contribution >= 4 is 39.3 Å². The van der Waals surface area contributed by atoms with Crippen LogP contribution in [0, 0.1) is 17.8 Å². The van der Waals surface area contributed by atoms with E-state index in [1.54, 1.807) is 36.4 Å². The Hall–Kier alpha value is -4.76. The van der Waals surface area contributed by atoms with Gasteiger partial charge >= 0.3 is 0 Å². The number of phenols is 2. The fraction of sp³-hybridized carbons (Fsp3) is 0.243. The number of ketones is 2. The number of Topliss-reactive ketones (excluding diaryl/α,β-unsaturated/α-hetero) is 1. The summed E-state index contributed by atoms with van der Waals surface area (Å²) in [6.45, 7) is 0.506.